The summed E-state index contributed by atoms with van der Waals surface area (Å²) in [5.41, 5.74) is 4.67. The van der Waals surface area contributed by atoms with Gasteiger partial charge in [0.25, 0.3) is 0 Å². The van der Waals surface area contributed by atoms with Crippen LogP contribution in [0.3, 0.4) is 0 Å². The average molecular weight is 226 g/mol. The van der Waals surface area contributed by atoms with Gasteiger partial charge in [-0.25, -0.2) is 0 Å². The molecule has 0 aliphatic rings. The Kier molecular flexibility index (Phi) is 2.97. The Labute approximate surface area is 103 Å². The molecule has 2 aromatic heterocycles. The molecule has 0 aliphatic carbocycles. The highest BCUT2D eigenvalue weighted by molar-refractivity contribution is 5.63. The second-order valence-corrected chi connectivity index (χ2v) is 5.37. The first kappa shape index (κ1) is 11.8. The summed E-state index contributed by atoms with van der Waals surface area (Å²) < 4.78 is 0. The van der Waals surface area contributed by atoms with E-state index in [0.717, 1.165) is 11.4 Å². The van der Waals surface area contributed by atoms with Gasteiger partial charge in [0.15, 0.2) is 0 Å². The highest BCUT2D eigenvalue weighted by atomic mass is 14.7. The minimum atomic E-state index is 0.0772. The minimum Gasteiger partial charge on any atom is -0.265 e. The van der Waals surface area contributed by atoms with Crippen LogP contribution < -0.4 is 0 Å². The van der Waals surface area contributed by atoms with E-state index in [9.17, 15) is 0 Å². The number of rotatable bonds is 1. The molecule has 2 nitrogen and oxygen atoms in total. The van der Waals surface area contributed by atoms with Crippen molar-refractivity contribution in [3.05, 3.63) is 48.0 Å². The third-order valence-electron chi connectivity index (χ3n) is 2.74. The molecule has 88 valence electrons. The van der Waals surface area contributed by atoms with Crippen LogP contribution in [-0.2, 0) is 5.41 Å². The number of hydrogen-bond acceptors (Lipinski definition) is 2. The second kappa shape index (κ2) is 4.28. The van der Waals surface area contributed by atoms with Crippen LogP contribution in [0.1, 0.15) is 32.2 Å². The van der Waals surface area contributed by atoms with Gasteiger partial charge in [0.05, 0.1) is 0 Å². The fraction of sp³-hybridized carbons (Fsp3) is 0.333. The molecular weight excluding hydrogens is 208 g/mol. The fourth-order valence-electron chi connectivity index (χ4n) is 1.76. The van der Waals surface area contributed by atoms with Gasteiger partial charge in [-0.15, -0.1) is 0 Å². The van der Waals surface area contributed by atoms with Crippen LogP contribution in [-0.4, -0.2) is 9.97 Å². The third-order valence-corrected chi connectivity index (χ3v) is 2.74. The van der Waals surface area contributed by atoms with E-state index in [2.05, 4.69) is 42.9 Å². The molecule has 0 aliphatic heterocycles. The molecule has 0 atom stereocenters. The Morgan fingerprint density at radius 2 is 1.59 bits per heavy atom. The molecule has 2 heterocycles. The lowest BCUT2D eigenvalue weighted by Crippen LogP contribution is -2.14. The van der Waals surface area contributed by atoms with Crippen LogP contribution in [0, 0.1) is 6.92 Å². The van der Waals surface area contributed by atoms with E-state index < -0.39 is 0 Å². The summed E-state index contributed by atoms with van der Waals surface area (Å²) in [5.74, 6) is 0. The Morgan fingerprint density at radius 1 is 0.941 bits per heavy atom. The molecule has 0 amide bonds. The first-order valence-corrected chi connectivity index (χ1v) is 5.86. The largest absolute Gasteiger partial charge is 0.265 e. The zero-order valence-corrected chi connectivity index (χ0v) is 10.9. The highest BCUT2D eigenvalue weighted by Gasteiger charge is 2.16. The van der Waals surface area contributed by atoms with Crippen molar-refractivity contribution in [2.75, 3.05) is 0 Å². The summed E-state index contributed by atoms with van der Waals surface area (Å²) in [5, 5.41) is 0. The van der Waals surface area contributed by atoms with E-state index in [0.29, 0.717) is 0 Å². The van der Waals surface area contributed by atoms with Gasteiger partial charge in [0, 0.05) is 29.2 Å². The summed E-state index contributed by atoms with van der Waals surface area (Å²) in [4.78, 5) is 8.66. The number of pyridine rings is 2. The maximum Gasteiger partial charge on any atom is 0.0466 e. The third kappa shape index (κ3) is 2.70. The Bertz CT molecular complexity index is 510. The number of hydrogen-bond donors (Lipinski definition) is 0. The Morgan fingerprint density at radius 3 is 2.18 bits per heavy atom. The summed E-state index contributed by atoms with van der Waals surface area (Å²) in [6, 6.07) is 8.34. The van der Waals surface area contributed by atoms with Crippen LogP contribution >= 0.6 is 0 Å². The van der Waals surface area contributed by atoms with E-state index in [1.807, 2.05) is 31.5 Å². The van der Waals surface area contributed by atoms with Crippen molar-refractivity contribution >= 4 is 0 Å². The zero-order valence-electron chi connectivity index (χ0n) is 10.9. The molecule has 17 heavy (non-hydrogen) atoms. The summed E-state index contributed by atoms with van der Waals surface area (Å²) in [6.45, 7) is 8.60. The smallest absolute Gasteiger partial charge is 0.0466 e. The van der Waals surface area contributed by atoms with E-state index >= 15 is 0 Å². The molecule has 0 bridgehead atoms. The van der Waals surface area contributed by atoms with Crippen molar-refractivity contribution in [2.45, 2.75) is 33.1 Å². The maximum absolute atomic E-state index is 4.61. The molecule has 0 fully saturated rings. The van der Waals surface area contributed by atoms with Gasteiger partial charge in [-0.05, 0) is 42.3 Å². The van der Waals surface area contributed by atoms with Crippen LogP contribution in [0.5, 0.6) is 0 Å². The number of aromatic nitrogens is 2. The van der Waals surface area contributed by atoms with Gasteiger partial charge in [-0.3, -0.25) is 9.97 Å². The molecule has 2 rings (SSSR count). The lowest BCUT2D eigenvalue weighted by Gasteiger charge is -2.19. The fourth-order valence-corrected chi connectivity index (χ4v) is 1.76. The Balaban J connectivity index is 2.54. The van der Waals surface area contributed by atoms with E-state index in [1.165, 1.54) is 11.1 Å². The SMILES string of the molecule is Cc1cc(-c2ccncc2)cc(C(C)(C)C)n1. The molecule has 0 saturated heterocycles. The molecule has 2 heteroatoms. The first-order chi connectivity index (χ1) is 7.97. The Hall–Kier alpha value is -1.70. The second-order valence-electron chi connectivity index (χ2n) is 5.37. The molecule has 2 aromatic rings. The van der Waals surface area contributed by atoms with E-state index in [-0.39, 0.29) is 5.41 Å². The topological polar surface area (TPSA) is 25.8 Å². The predicted octanol–water partition coefficient (Wildman–Crippen LogP) is 3.75. The predicted molar refractivity (Wildman–Crippen MR) is 70.9 cm³/mol. The van der Waals surface area contributed by atoms with Crippen LogP contribution in [0.25, 0.3) is 11.1 Å². The maximum atomic E-state index is 4.61. The average Bonchev–Trinajstić information content (AvgIpc) is 2.28. The van der Waals surface area contributed by atoms with Crippen molar-refractivity contribution in [1.29, 1.82) is 0 Å². The van der Waals surface area contributed by atoms with Gasteiger partial charge in [0.2, 0.25) is 0 Å². The normalized spacial score (nSPS) is 11.5. The summed E-state index contributed by atoms with van der Waals surface area (Å²) >= 11 is 0. The number of nitrogens with zero attached hydrogens (tertiary/aromatic N) is 2. The van der Waals surface area contributed by atoms with Crippen molar-refractivity contribution in [1.82, 2.24) is 9.97 Å². The highest BCUT2D eigenvalue weighted by Crippen LogP contribution is 2.26. The summed E-state index contributed by atoms with van der Waals surface area (Å²) in [7, 11) is 0. The molecule has 0 aromatic carbocycles. The van der Waals surface area contributed by atoms with Gasteiger partial charge in [0.1, 0.15) is 0 Å². The van der Waals surface area contributed by atoms with Gasteiger partial charge < -0.3 is 0 Å². The van der Waals surface area contributed by atoms with Gasteiger partial charge >= 0.3 is 0 Å². The lowest BCUT2D eigenvalue weighted by molar-refractivity contribution is 0.567. The van der Waals surface area contributed by atoms with E-state index in [4.69, 9.17) is 0 Å². The number of aryl methyl sites for hydroxylation is 1. The van der Waals surface area contributed by atoms with Crippen LogP contribution in [0.15, 0.2) is 36.7 Å². The van der Waals surface area contributed by atoms with Crippen LogP contribution in [0.4, 0.5) is 0 Å². The van der Waals surface area contributed by atoms with Gasteiger partial charge in [-0.1, -0.05) is 20.8 Å². The van der Waals surface area contributed by atoms with Crippen molar-refractivity contribution in [3.63, 3.8) is 0 Å². The van der Waals surface area contributed by atoms with E-state index in [1.54, 1.807) is 0 Å². The zero-order chi connectivity index (χ0) is 12.5. The molecule has 0 N–H and O–H groups in total. The minimum absolute atomic E-state index is 0.0772. The molecule has 0 spiro atoms. The molecule has 0 radical (unpaired) electrons. The van der Waals surface area contributed by atoms with Crippen molar-refractivity contribution < 1.29 is 0 Å². The van der Waals surface area contributed by atoms with Crippen molar-refractivity contribution in [2.24, 2.45) is 0 Å². The monoisotopic (exact) mass is 226 g/mol. The van der Waals surface area contributed by atoms with Crippen molar-refractivity contribution in [3.8, 4) is 11.1 Å². The molecular formula is C15H18N2. The standard InChI is InChI=1S/C15H18N2/c1-11-9-13(12-5-7-16-8-6-12)10-14(17-11)15(2,3)4/h5-10H,1-4H3. The lowest BCUT2D eigenvalue weighted by atomic mass is 9.89. The van der Waals surface area contributed by atoms with Gasteiger partial charge in [-0.2, -0.15) is 0 Å². The summed E-state index contributed by atoms with van der Waals surface area (Å²) in [6.07, 6.45) is 3.64. The quantitative estimate of drug-likeness (QED) is 0.740. The molecule has 0 unspecified atom stereocenters. The van der Waals surface area contributed by atoms with Crippen LogP contribution in [0.2, 0.25) is 0 Å². The first-order valence-electron chi connectivity index (χ1n) is 5.86. The molecule has 0 saturated carbocycles.